The van der Waals surface area contributed by atoms with E-state index in [2.05, 4.69) is 15.3 Å². The lowest BCUT2D eigenvalue weighted by atomic mass is 10.2. The van der Waals surface area contributed by atoms with E-state index in [1.165, 1.54) is 37.6 Å². The third-order valence-corrected chi connectivity index (χ3v) is 5.85. The van der Waals surface area contributed by atoms with Gasteiger partial charge in [0.2, 0.25) is 11.8 Å². The fourth-order valence-electron chi connectivity index (χ4n) is 2.71. The van der Waals surface area contributed by atoms with Crippen molar-refractivity contribution in [1.82, 2.24) is 19.3 Å². The van der Waals surface area contributed by atoms with E-state index in [0.29, 0.717) is 16.1 Å². The van der Waals surface area contributed by atoms with Gasteiger partial charge >= 0.3 is 11.9 Å². The SMILES string of the molecule is CNCc1cn(S(=O)(=O)c2ccc(OC)nc2)c(-c2cccnc2F)c1F.O=C(O)/C=C/C(=O)O. The highest BCUT2D eigenvalue weighted by Crippen LogP contribution is 2.31. The maximum Gasteiger partial charge on any atom is 0.328 e. The largest absolute Gasteiger partial charge is 0.481 e. The topological polar surface area (TPSA) is 161 Å². The van der Waals surface area contributed by atoms with E-state index in [1.807, 2.05) is 0 Å². The molecule has 3 rings (SSSR count). The van der Waals surface area contributed by atoms with Crippen molar-refractivity contribution in [3.05, 3.63) is 72.3 Å². The highest BCUT2D eigenvalue weighted by Gasteiger charge is 2.28. The molecular weight excluding hydrogens is 490 g/mol. The monoisotopic (exact) mass is 510 g/mol. The number of carboxylic acids is 2. The number of methoxy groups -OCH3 is 1. The minimum atomic E-state index is -4.24. The molecule has 11 nitrogen and oxygen atoms in total. The Labute approximate surface area is 198 Å². The van der Waals surface area contributed by atoms with Crippen molar-refractivity contribution in [3.63, 3.8) is 0 Å². The van der Waals surface area contributed by atoms with Crippen LogP contribution in [0.15, 0.2) is 59.9 Å². The summed E-state index contributed by atoms with van der Waals surface area (Å²) in [5.41, 5.74) is -0.620. The maximum atomic E-state index is 15.0. The molecule has 0 spiro atoms. The van der Waals surface area contributed by atoms with Crippen molar-refractivity contribution in [2.45, 2.75) is 11.4 Å². The summed E-state index contributed by atoms with van der Waals surface area (Å²) in [5, 5.41) is 18.4. The Balaban J connectivity index is 0.000000466. The summed E-state index contributed by atoms with van der Waals surface area (Å²) in [6.07, 6.45) is 4.52. The quantitative estimate of drug-likeness (QED) is 0.302. The van der Waals surface area contributed by atoms with E-state index in [9.17, 15) is 26.8 Å². The standard InChI is InChI=1S/C17H16F2N4O3S.C4H4O4/c1-20-8-11-10-23(16(15(11)18)13-4-3-7-21-17(13)19)27(24,25)12-5-6-14(26-2)22-9-12;5-3(6)1-2-4(7)8/h3-7,9-10,20H,8H2,1-2H3;1-2H,(H,5,6)(H,7,8)/b;2-1+. The molecule has 3 heterocycles. The second kappa shape index (κ2) is 11.8. The van der Waals surface area contributed by atoms with Gasteiger partial charge in [-0.1, -0.05) is 0 Å². The second-order valence-electron chi connectivity index (χ2n) is 6.54. The van der Waals surface area contributed by atoms with Gasteiger partial charge in [-0.15, -0.1) is 0 Å². The van der Waals surface area contributed by atoms with Gasteiger partial charge in [-0.25, -0.2) is 36.3 Å². The molecule has 0 atom stereocenters. The highest BCUT2D eigenvalue weighted by molar-refractivity contribution is 7.90. The van der Waals surface area contributed by atoms with E-state index in [0.717, 1.165) is 12.4 Å². The number of rotatable bonds is 8. The van der Waals surface area contributed by atoms with Gasteiger partial charge in [0.15, 0.2) is 5.82 Å². The van der Waals surface area contributed by atoms with E-state index >= 15 is 0 Å². The molecule has 0 saturated heterocycles. The van der Waals surface area contributed by atoms with Crippen LogP contribution in [0, 0.1) is 11.8 Å². The number of halogens is 2. The third-order valence-electron chi connectivity index (χ3n) is 4.21. The van der Waals surface area contributed by atoms with Crippen molar-refractivity contribution in [2.24, 2.45) is 0 Å². The molecule has 35 heavy (non-hydrogen) atoms. The van der Waals surface area contributed by atoms with E-state index < -0.39 is 39.4 Å². The van der Waals surface area contributed by atoms with Gasteiger partial charge in [-0.2, -0.15) is 4.39 Å². The lowest BCUT2D eigenvalue weighted by Gasteiger charge is -2.11. The number of ether oxygens (including phenoxy) is 1. The van der Waals surface area contributed by atoms with E-state index in [4.69, 9.17) is 14.9 Å². The van der Waals surface area contributed by atoms with E-state index in [-0.39, 0.29) is 28.4 Å². The van der Waals surface area contributed by atoms with Crippen LogP contribution in [0.4, 0.5) is 8.78 Å². The summed E-state index contributed by atoms with van der Waals surface area (Å²) < 4.78 is 60.9. The fraction of sp³-hybridized carbons (Fsp3) is 0.143. The third kappa shape index (κ3) is 6.68. The molecule has 0 fully saturated rings. The Bertz CT molecular complexity index is 1320. The number of nitrogens with one attached hydrogen (secondary N) is 1. The molecule has 0 unspecified atom stereocenters. The fourth-order valence-corrected chi connectivity index (χ4v) is 4.05. The van der Waals surface area contributed by atoms with Crippen LogP contribution >= 0.6 is 0 Å². The first-order valence-electron chi connectivity index (χ1n) is 9.57. The van der Waals surface area contributed by atoms with Gasteiger partial charge in [0, 0.05) is 42.7 Å². The predicted octanol–water partition coefficient (Wildman–Crippen LogP) is 1.90. The first-order valence-corrected chi connectivity index (χ1v) is 11.0. The molecule has 0 aliphatic heterocycles. The predicted molar refractivity (Wildman–Crippen MR) is 118 cm³/mol. The number of aliphatic carboxylic acids is 2. The number of hydrogen-bond acceptors (Lipinski definition) is 8. The summed E-state index contributed by atoms with van der Waals surface area (Å²) in [4.78, 5) is 26.3. The Morgan fingerprint density at radius 3 is 2.29 bits per heavy atom. The zero-order valence-corrected chi connectivity index (χ0v) is 19.2. The van der Waals surface area contributed by atoms with Gasteiger partial charge in [0.25, 0.3) is 10.0 Å². The number of nitrogens with zero attached hydrogens (tertiary/aromatic N) is 3. The van der Waals surface area contributed by atoms with Crippen molar-refractivity contribution >= 4 is 22.0 Å². The Morgan fingerprint density at radius 1 is 1.14 bits per heavy atom. The minimum absolute atomic E-state index is 0.0596. The van der Waals surface area contributed by atoms with Gasteiger partial charge in [-0.3, -0.25) is 0 Å². The summed E-state index contributed by atoms with van der Waals surface area (Å²) in [7, 11) is -1.26. The summed E-state index contributed by atoms with van der Waals surface area (Å²) in [6, 6.07) is 5.31. The van der Waals surface area contributed by atoms with Crippen LogP contribution in [0.25, 0.3) is 11.3 Å². The van der Waals surface area contributed by atoms with Crippen LogP contribution in [0.3, 0.4) is 0 Å². The molecule has 3 aromatic rings. The van der Waals surface area contributed by atoms with Crippen molar-refractivity contribution in [3.8, 4) is 17.1 Å². The smallest absolute Gasteiger partial charge is 0.328 e. The first kappa shape index (κ1) is 27.1. The average molecular weight is 510 g/mol. The second-order valence-corrected chi connectivity index (χ2v) is 8.35. The van der Waals surface area contributed by atoms with Crippen LogP contribution < -0.4 is 10.1 Å². The van der Waals surface area contributed by atoms with Crippen LogP contribution in [0.5, 0.6) is 5.88 Å². The molecule has 0 amide bonds. The van der Waals surface area contributed by atoms with Gasteiger partial charge in [-0.05, 0) is 25.2 Å². The summed E-state index contributed by atoms with van der Waals surface area (Å²) in [5.74, 6) is -4.11. The zero-order chi connectivity index (χ0) is 26.2. The number of hydrogen-bond donors (Lipinski definition) is 3. The molecule has 14 heteroatoms. The number of aromatic nitrogens is 3. The molecule has 3 N–H and O–H groups in total. The zero-order valence-electron chi connectivity index (χ0n) is 18.3. The van der Waals surface area contributed by atoms with Crippen molar-refractivity contribution in [1.29, 1.82) is 0 Å². The van der Waals surface area contributed by atoms with E-state index in [1.54, 1.807) is 7.05 Å². The summed E-state index contributed by atoms with van der Waals surface area (Å²) in [6.45, 7) is 0.0596. The van der Waals surface area contributed by atoms with Crippen LogP contribution in [0.2, 0.25) is 0 Å². The van der Waals surface area contributed by atoms with Crippen LogP contribution in [-0.2, 0) is 26.2 Å². The molecule has 0 saturated carbocycles. The number of pyridine rings is 2. The normalized spacial score (nSPS) is 11.1. The van der Waals surface area contributed by atoms with Gasteiger partial charge in [0.05, 0.1) is 18.9 Å². The molecule has 3 aromatic heterocycles. The average Bonchev–Trinajstić information content (AvgIpc) is 3.15. The van der Waals surface area contributed by atoms with Crippen LogP contribution in [0.1, 0.15) is 5.56 Å². The van der Waals surface area contributed by atoms with Crippen LogP contribution in [-0.4, -0.2) is 58.7 Å². The van der Waals surface area contributed by atoms with Crippen molar-refractivity contribution in [2.75, 3.05) is 14.2 Å². The summed E-state index contributed by atoms with van der Waals surface area (Å²) >= 11 is 0. The van der Waals surface area contributed by atoms with Gasteiger partial charge < -0.3 is 20.3 Å². The molecular formula is C21H20F2N4O7S. The highest BCUT2D eigenvalue weighted by atomic mass is 32.2. The van der Waals surface area contributed by atoms with Crippen molar-refractivity contribution < 1.29 is 41.7 Å². The lowest BCUT2D eigenvalue weighted by molar-refractivity contribution is -0.134. The number of carboxylic acid groups (broad SMARTS) is 2. The minimum Gasteiger partial charge on any atom is -0.481 e. The Hall–Kier alpha value is -4.17. The Kier molecular flexibility index (Phi) is 9.13. The van der Waals surface area contributed by atoms with Gasteiger partial charge in [0.1, 0.15) is 10.6 Å². The Morgan fingerprint density at radius 2 is 1.80 bits per heavy atom. The molecule has 0 bridgehead atoms. The number of carbonyl (C=O) groups is 2. The molecule has 0 aromatic carbocycles. The molecule has 0 aliphatic carbocycles. The maximum absolute atomic E-state index is 15.0. The lowest BCUT2D eigenvalue weighted by Crippen LogP contribution is -2.14. The molecule has 186 valence electrons. The first-order chi connectivity index (χ1) is 16.5. The molecule has 0 aliphatic rings. The molecule has 0 radical (unpaired) electrons.